The highest BCUT2D eigenvalue weighted by atomic mass is 17.1. The normalized spacial score (nSPS) is 6.88. The fraction of sp³-hybridized carbons (Fsp3) is 0.750. The quantitative estimate of drug-likeness (QED) is 0.394. The first-order valence-electron chi connectivity index (χ1n) is 2.11. The van der Waals surface area contributed by atoms with Gasteiger partial charge in [0.05, 0.1) is 6.61 Å². The Kier molecular flexibility index (Phi) is 12.5. The highest BCUT2D eigenvalue weighted by Gasteiger charge is 1.65. The molecule has 0 aromatic heterocycles. The Morgan fingerprint density at radius 3 is 1.88 bits per heavy atom. The van der Waals surface area contributed by atoms with Gasteiger partial charge < -0.3 is 5.11 Å². The maximum absolute atomic E-state index is 9.00. The largest absolute Gasteiger partial charge is 0.481 e. The summed E-state index contributed by atoms with van der Waals surface area (Å²) in [4.78, 5) is 12.5. The lowest BCUT2D eigenvalue weighted by atomic mass is 10.9. The molecule has 0 aliphatic heterocycles. The molecule has 0 unspecified atom stereocenters. The van der Waals surface area contributed by atoms with Crippen LogP contribution in [-0.4, -0.2) is 22.9 Å². The van der Waals surface area contributed by atoms with E-state index in [1.165, 1.54) is 0 Å². The monoisotopic (exact) mass is 122 g/mol. The van der Waals surface area contributed by atoms with Crippen molar-refractivity contribution in [1.82, 2.24) is 0 Å². The van der Waals surface area contributed by atoms with Gasteiger partial charge in [-0.15, -0.1) is 0 Å². The van der Waals surface area contributed by atoms with Gasteiger partial charge in [0.2, 0.25) is 0 Å². The zero-order valence-corrected chi connectivity index (χ0v) is 4.92. The van der Waals surface area contributed by atoms with E-state index >= 15 is 0 Å². The van der Waals surface area contributed by atoms with Crippen LogP contribution in [0.3, 0.4) is 0 Å². The molecule has 8 heavy (non-hydrogen) atoms. The standard InChI is InChI=1S/C2H6O2.C2H4O2/c1-2-4-3;1-2(3)4/h3H,2H2,1H3;1H3,(H,3,4). The number of hydrogen-bond donors (Lipinski definition) is 2. The van der Waals surface area contributed by atoms with Crippen molar-refractivity contribution in [1.29, 1.82) is 0 Å². The Bertz CT molecular complexity index is 46.0. The molecule has 0 heterocycles. The number of rotatable bonds is 1. The van der Waals surface area contributed by atoms with Crippen LogP contribution in [-0.2, 0) is 9.68 Å². The minimum absolute atomic E-state index is 0.375. The van der Waals surface area contributed by atoms with E-state index in [0.717, 1.165) is 6.92 Å². The summed E-state index contributed by atoms with van der Waals surface area (Å²) < 4.78 is 0. The lowest BCUT2D eigenvalue weighted by molar-refractivity contribution is -0.237. The van der Waals surface area contributed by atoms with Gasteiger partial charge in [0.25, 0.3) is 5.97 Å². The molecular formula is C4H10O4. The van der Waals surface area contributed by atoms with Crippen molar-refractivity contribution in [2.75, 3.05) is 6.61 Å². The van der Waals surface area contributed by atoms with Gasteiger partial charge in [-0.25, -0.2) is 4.89 Å². The Morgan fingerprint density at radius 2 is 1.88 bits per heavy atom. The molecule has 0 aromatic carbocycles. The van der Waals surface area contributed by atoms with Crippen LogP contribution in [0, 0.1) is 0 Å². The molecule has 0 aliphatic carbocycles. The fourth-order valence-corrected chi connectivity index (χ4v) is 0. The van der Waals surface area contributed by atoms with Crippen LogP contribution in [0.4, 0.5) is 0 Å². The third-order valence-corrected chi connectivity index (χ3v) is 0.129. The SMILES string of the molecule is CC(=O)O.CCOO. The summed E-state index contributed by atoms with van der Waals surface area (Å²) in [7, 11) is 0. The molecule has 0 amide bonds. The Hall–Kier alpha value is -0.610. The van der Waals surface area contributed by atoms with E-state index < -0.39 is 5.97 Å². The van der Waals surface area contributed by atoms with Crippen LogP contribution < -0.4 is 0 Å². The van der Waals surface area contributed by atoms with Crippen molar-refractivity contribution in [3.05, 3.63) is 0 Å². The van der Waals surface area contributed by atoms with Crippen molar-refractivity contribution < 1.29 is 20.0 Å². The summed E-state index contributed by atoms with van der Waals surface area (Å²) in [6.45, 7) is 3.17. The first kappa shape index (κ1) is 10.4. The molecule has 0 rings (SSSR count). The van der Waals surface area contributed by atoms with Crippen LogP contribution in [0.2, 0.25) is 0 Å². The maximum atomic E-state index is 9.00. The van der Waals surface area contributed by atoms with Crippen molar-refractivity contribution in [2.24, 2.45) is 0 Å². The minimum Gasteiger partial charge on any atom is -0.481 e. The van der Waals surface area contributed by atoms with Gasteiger partial charge in [0, 0.05) is 6.92 Å². The van der Waals surface area contributed by atoms with Crippen LogP contribution in [0.25, 0.3) is 0 Å². The second-order valence-corrected chi connectivity index (χ2v) is 0.937. The van der Waals surface area contributed by atoms with Gasteiger partial charge in [0.1, 0.15) is 0 Å². The number of carboxylic acids is 1. The van der Waals surface area contributed by atoms with E-state index in [-0.39, 0.29) is 0 Å². The average Bonchev–Trinajstić information content (AvgIpc) is 1.65. The second kappa shape index (κ2) is 9.63. The van der Waals surface area contributed by atoms with Gasteiger partial charge in [-0.1, -0.05) is 0 Å². The molecule has 0 atom stereocenters. The molecule has 0 radical (unpaired) electrons. The smallest absolute Gasteiger partial charge is 0.300 e. The van der Waals surface area contributed by atoms with Crippen LogP contribution >= 0.6 is 0 Å². The van der Waals surface area contributed by atoms with Crippen LogP contribution in [0.15, 0.2) is 0 Å². The van der Waals surface area contributed by atoms with Gasteiger partial charge in [-0.2, -0.15) is 0 Å². The molecule has 50 valence electrons. The molecule has 0 aromatic rings. The topological polar surface area (TPSA) is 66.8 Å². The third kappa shape index (κ3) is 683. The molecule has 4 nitrogen and oxygen atoms in total. The maximum Gasteiger partial charge on any atom is 0.300 e. The van der Waals surface area contributed by atoms with Gasteiger partial charge in [0.15, 0.2) is 0 Å². The van der Waals surface area contributed by atoms with E-state index in [9.17, 15) is 0 Å². The predicted molar refractivity (Wildman–Crippen MR) is 27.6 cm³/mol. The second-order valence-electron chi connectivity index (χ2n) is 0.937. The van der Waals surface area contributed by atoms with Gasteiger partial charge in [-0.3, -0.25) is 10.1 Å². The fourth-order valence-electron chi connectivity index (χ4n) is 0. The highest BCUT2D eigenvalue weighted by Crippen LogP contribution is 1.51. The number of aliphatic carboxylic acids is 1. The number of hydrogen-bond acceptors (Lipinski definition) is 3. The van der Waals surface area contributed by atoms with Crippen molar-refractivity contribution >= 4 is 5.97 Å². The molecule has 0 aliphatic rings. The molecule has 2 N–H and O–H groups in total. The zero-order valence-electron chi connectivity index (χ0n) is 4.92. The van der Waals surface area contributed by atoms with Crippen molar-refractivity contribution in [3.8, 4) is 0 Å². The summed E-state index contributed by atoms with van der Waals surface area (Å²) in [6.07, 6.45) is 0. The zero-order chi connectivity index (χ0) is 6.99. The summed E-state index contributed by atoms with van der Waals surface area (Å²) in [5.74, 6) is -0.833. The van der Waals surface area contributed by atoms with Gasteiger partial charge >= 0.3 is 0 Å². The summed E-state index contributed by atoms with van der Waals surface area (Å²) in [5, 5.41) is 14.8. The van der Waals surface area contributed by atoms with E-state index in [4.69, 9.17) is 15.2 Å². The lowest BCUT2D eigenvalue weighted by Crippen LogP contribution is -1.78. The van der Waals surface area contributed by atoms with Crippen LogP contribution in [0.1, 0.15) is 13.8 Å². The molecule has 0 bridgehead atoms. The summed E-state index contributed by atoms with van der Waals surface area (Å²) in [6, 6.07) is 0. The number of carbonyl (C=O) groups is 1. The lowest BCUT2D eigenvalue weighted by Gasteiger charge is -1.73. The molecular weight excluding hydrogens is 112 g/mol. The molecule has 4 heteroatoms. The van der Waals surface area contributed by atoms with E-state index in [1.54, 1.807) is 6.92 Å². The molecule has 0 saturated heterocycles. The third-order valence-electron chi connectivity index (χ3n) is 0.129. The Morgan fingerprint density at radius 1 is 1.75 bits per heavy atom. The number of carboxylic acid groups (broad SMARTS) is 1. The summed E-state index contributed by atoms with van der Waals surface area (Å²) in [5.41, 5.74) is 0. The molecule has 0 fully saturated rings. The van der Waals surface area contributed by atoms with Crippen molar-refractivity contribution in [2.45, 2.75) is 13.8 Å². The molecule has 0 spiro atoms. The first-order chi connectivity index (χ1) is 3.65. The van der Waals surface area contributed by atoms with E-state index in [1.807, 2.05) is 0 Å². The van der Waals surface area contributed by atoms with Gasteiger partial charge in [-0.05, 0) is 6.92 Å². The minimum atomic E-state index is -0.833. The highest BCUT2D eigenvalue weighted by molar-refractivity contribution is 5.62. The first-order valence-corrected chi connectivity index (χ1v) is 2.11. The van der Waals surface area contributed by atoms with E-state index in [0.29, 0.717) is 6.61 Å². The molecule has 0 saturated carbocycles. The van der Waals surface area contributed by atoms with Crippen molar-refractivity contribution in [3.63, 3.8) is 0 Å². The van der Waals surface area contributed by atoms with E-state index in [2.05, 4.69) is 4.89 Å². The van der Waals surface area contributed by atoms with Crippen LogP contribution in [0.5, 0.6) is 0 Å². The Balaban J connectivity index is 0. The summed E-state index contributed by atoms with van der Waals surface area (Å²) >= 11 is 0. The predicted octanol–water partition coefficient (Wildman–Crippen LogP) is 0.587. The average molecular weight is 122 g/mol. The Labute approximate surface area is 47.6 Å².